The van der Waals surface area contributed by atoms with Gasteiger partial charge in [-0.2, -0.15) is 0 Å². The first-order chi connectivity index (χ1) is 8.86. The first-order valence-corrected chi connectivity index (χ1v) is 5.59. The zero-order valence-electron chi connectivity index (χ0n) is 10.2. The molecule has 5 atom stereocenters. The summed E-state index contributed by atoms with van der Waals surface area (Å²) in [6.07, 6.45) is -5.28. The highest BCUT2D eigenvalue weighted by atomic mass is 16.7. The molecule has 5 N–H and O–H groups in total. The highest BCUT2D eigenvalue weighted by Gasteiger charge is 2.45. The van der Waals surface area contributed by atoms with Gasteiger partial charge in [-0.25, -0.2) is 4.79 Å². The van der Waals surface area contributed by atoms with E-state index in [1.807, 2.05) is 0 Å². The highest BCUT2D eigenvalue weighted by Crippen LogP contribution is 2.22. The maximum Gasteiger partial charge on any atom is 0.329 e. The molecule has 1 aliphatic heterocycles. The number of hydrogen-bond donors (Lipinski definition) is 5. The molecule has 1 rings (SSSR count). The van der Waals surface area contributed by atoms with Gasteiger partial charge in [0.1, 0.15) is 31.0 Å². The van der Waals surface area contributed by atoms with Crippen molar-refractivity contribution in [2.45, 2.75) is 37.6 Å². The van der Waals surface area contributed by atoms with E-state index in [1.165, 1.54) is 6.92 Å². The number of ether oxygens (including phenoxy) is 2. The van der Waals surface area contributed by atoms with Gasteiger partial charge in [0, 0.05) is 6.92 Å². The van der Waals surface area contributed by atoms with Crippen LogP contribution >= 0.6 is 0 Å². The second kappa shape index (κ2) is 6.78. The SMILES string of the molecule is CC(=O)NC1[C@H](OCC(=O)O)OC(CO)[C@@H](O)[C@@H]1O. The van der Waals surface area contributed by atoms with Gasteiger partial charge in [-0.1, -0.05) is 0 Å². The Morgan fingerprint density at radius 3 is 2.42 bits per heavy atom. The van der Waals surface area contributed by atoms with E-state index in [1.54, 1.807) is 0 Å². The van der Waals surface area contributed by atoms with Crippen molar-refractivity contribution in [3.8, 4) is 0 Å². The minimum atomic E-state index is -1.45. The lowest BCUT2D eigenvalue weighted by Crippen LogP contribution is -2.64. The molecular formula is C10H17NO8. The second-order valence-corrected chi connectivity index (χ2v) is 4.14. The topological polar surface area (TPSA) is 146 Å². The molecule has 1 fully saturated rings. The third-order valence-electron chi connectivity index (χ3n) is 2.62. The second-order valence-electron chi connectivity index (χ2n) is 4.14. The lowest BCUT2D eigenvalue weighted by molar-refractivity contribution is -0.269. The predicted molar refractivity (Wildman–Crippen MR) is 59.0 cm³/mol. The Kier molecular flexibility index (Phi) is 5.63. The molecule has 0 spiro atoms. The highest BCUT2D eigenvalue weighted by molar-refractivity contribution is 5.73. The van der Waals surface area contributed by atoms with E-state index in [0.29, 0.717) is 0 Å². The Balaban J connectivity index is 2.79. The smallest absolute Gasteiger partial charge is 0.329 e. The van der Waals surface area contributed by atoms with E-state index in [-0.39, 0.29) is 0 Å². The zero-order valence-corrected chi connectivity index (χ0v) is 10.2. The number of carbonyl (C=O) groups excluding carboxylic acids is 1. The minimum absolute atomic E-state index is 0.508. The zero-order chi connectivity index (χ0) is 14.6. The number of rotatable bonds is 5. The average Bonchev–Trinajstić information content (AvgIpc) is 2.33. The predicted octanol–water partition coefficient (Wildman–Crippen LogP) is -2.97. The summed E-state index contributed by atoms with van der Waals surface area (Å²) in [5.41, 5.74) is 0. The molecule has 0 radical (unpaired) electrons. The normalized spacial score (nSPS) is 34.8. The third kappa shape index (κ3) is 4.11. The molecule has 0 saturated carbocycles. The van der Waals surface area contributed by atoms with Crippen LogP contribution in [0.4, 0.5) is 0 Å². The number of nitrogens with one attached hydrogen (secondary N) is 1. The summed E-state index contributed by atoms with van der Waals surface area (Å²) in [6.45, 7) is -0.106. The standard InChI is InChI=1S/C10H17NO8/c1-4(13)11-7-9(17)8(16)5(2-12)19-10(7)18-3-6(14)15/h5,7-10,12,16-17H,2-3H2,1H3,(H,11,13)(H,14,15)/t5?,7?,8-,9-,10-/m1/s1. The first-order valence-electron chi connectivity index (χ1n) is 5.59. The summed E-state index contributed by atoms with van der Waals surface area (Å²) in [6, 6.07) is -1.13. The van der Waals surface area contributed by atoms with Crippen LogP contribution in [0.3, 0.4) is 0 Å². The Hall–Kier alpha value is -1.26. The van der Waals surface area contributed by atoms with Crippen molar-refractivity contribution in [2.24, 2.45) is 0 Å². The van der Waals surface area contributed by atoms with Crippen LogP contribution in [0, 0.1) is 0 Å². The molecule has 0 aromatic carbocycles. The maximum absolute atomic E-state index is 11.0. The van der Waals surface area contributed by atoms with Crippen LogP contribution in [0.1, 0.15) is 6.92 Å². The summed E-state index contributed by atoms with van der Waals surface area (Å²) >= 11 is 0. The van der Waals surface area contributed by atoms with E-state index < -0.39 is 55.7 Å². The van der Waals surface area contributed by atoms with Crippen LogP contribution in [0.5, 0.6) is 0 Å². The number of carboxylic acid groups (broad SMARTS) is 1. The van der Waals surface area contributed by atoms with Crippen molar-refractivity contribution in [1.29, 1.82) is 0 Å². The van der Waals surface area contributed by atoms with Gasteiger partial charge in [0.05, 0.1) is 6.61 Å². The van der Waals surface area contributed by atoms with Crippen LogP contribution in [-0.2, 0) is 19.1 Å². The number of hydrogen-bond acceptors (Lipinski definition) is 7. The van der Waals surface area contributed by atoms with Gasteiger partial charge in [0.15, 0.2) is 6.29 Å². The van der Waals surface area contributed by atoms with E-state index in [2.05, 4.69) is 5.32 Å². The summed E-state index contributed by atoms with van der Waals surface area (Å²) in [4.78, 5) is 21.5. The molecule has 0 aliphatic carbocycles. The lowest BCUT2D eigenvalue weighted by Gasteiger charge is -2.41. The van der Waals surface area contributed by atoms with Gasteiger partial charge in [-0.05, 0) is 0 Å². The van der Waals surface area contributed by atoms with Crippen LogP contribution < -0.4 is 5.32 Å². The van der Waals surface area contributed by atoms with Crippen molar-refractivity contribution in [1.82, 2.24) is 5.32 Å². The molecule has 110 valence electrons. The lowest BCUT2D eigenvalue weighted by atomic mass is 9.97. The van der Waals surface area contributed by atoms with Gasteiger partial charge in [0.2, 0.25) is 5.91 Å². The van der Waals surface area contributed by atoms with Crippen LogP contribution in [-0.4, -0.2) is 76.2 Å². The quantitative estimate of drug-likeness (QED) is 0.358. The third-order valence-corrected chi connectivity index (χ3v) is 2.62. The molecule has 9 heteroatoms. The van der Waals surface area contributed by atoms with E-state index in [4.69, 9.17) is 19.7 Å². The Labute approximate surface area is 108 Å². The largest absolute Gasteiger partial charge is 0.480 e. The van der Waals surface area contributed by atoms with E-state index in [9.17, 15) is 19.8 Å². The molecule has 2 unspecified atom stereocenters. The number of carbonyl (C=O) groups is 2. The number of aliphatic hydroxyl groups is 3. The summed E-state index contributed by atoms with van der Waals surface area (Å²) < 4.78 is 10.0. The van der Waals surface area contributed by atoms with Crippen LogP contribution in [0.15, 0.2) is 0 Å². The fourth-order valence-electron chi connectivity index (χ4n) is 1.77. The molecule has 1 amide bonds. The van der Waals surface area contributed by atoms with Gasteiger partial charge in [-0.15, -0.1) is 0 Å². The fourth-order valence-corrected chi connectivity index (χ4v) is 1.77. The van der Waals surface area contributed by atoms with E-state index >= 15 is 0 Å². The Bertz CT molecular complexity index is 335. The number of aliphatic hydroxyl groups excluding tert-OH is 3. The molecule has 0 bridgehead atoms. The van der Waals surface area contributed by atoms with Crippen molar-refractivity contribution in [3.05, 3.63) is 0 Å². The van der Waals surface area contributed by atoms with Crippen LogP contribution in [0.25, 0.3) is 0 Å². The number of carboxylic acids is 1. The van der Waals surface area contributed by atoms with Crippen LogP contribution in [0.2, 0.25) is 0 Å². The maximum atomic E-state index is 11.0. The fraction of sp³-hybridized carbons (Fsp3) is 0.800. The summed E-state index contributed by atoms with van der Waals surface area (Å²) in [5, 5.41) is 39.3. The molecule has 19 heavy (non-hydrogen) atoms. The van der Waals surface area contributed by atoms with Gasteiger partial charge in [0.25, 0.3) is 0 Å². The summed E-state index contributed by atoms with van der Waals surface area (Å²) in [5.74, 6) is -1.77. The monoisotopic (exact) mass is 279 g/mol. The molecule has 1 heterocycles. The van der Waals surface area contributed by atoms with Gasteiger partial charge < -0.3 is 35.2 Å². The minimum Gasteiger partial charge on any atom is -0.480 e. The molecule has 9 nitrogen and oxygen atoms in total. The molecule has 1 aliphatic rings. The Morgan fingerprint density at radius 1 is 1.32 bits per heavy atom. The average molecular weight is 279 g/mol. The van der Waals surface area contributed by atoms with Crippen molar-refractivity contribution in [3.63, 3.8) is 0 Å². The molecule has 1 saturated heterocycles. The van der Waals surface area contributed by atoms with Gasteiger partial charge in [-0.3, -0.25) is 4.79 Å². The van der Waals surface area contributed by atoms with Crippen molar-refractivity contribution >= 4 is 11.9 Å². The van der Waals surface area contributed by atoms with Gasteiger partial charge >= 0.3 is 5.97 Å². The first kappa shape index (κ1) is 15.8. The Morgan fingerprint density at radius 2 is 1.95 bits per heavy atom. The molecule has 0 aromatic heterocycles. The van der Waals surface area contributed by atoms with Crippen molar-refractivity contribution in [2.75, 3.05) is 13.2 Å². The molecule has 0 aromatic rings. The number of amides is 1. The van der Waals surface area contributed by atoms with E-state index in [0.717, 1.165) is 0 Å². The van der Waals surface area contributed by atoms with Crippen molar-refractivity contribution < 1.29 is 39.5 Å². The molecular weight excluding hydrogens is 262 g/mol. The summed E-state index contributed by atoms with van der Waals surface area (Å²) in [7, 11) is 0. The number of aliphatic carboxylic acids is 1.